The summed E-state index contributed by atoms with van der Waals surface area (Å²) in [5.74, 6) is -0.133. The number of benzene rings is 1. The fourth-order valence-corrected chi connectivity index (χ4v) is 3.83. The maximum atomic E-state index is 11.9. The van der Waals surface area contributed by atoms with Crippen molar-refractivity contribution in [1.29, 1.82) is 0 Å². The Balaban J connectivity index is 1.72. The predicted molar refractivity (Wildman–Crippen MR) is 92.0 cm³/mol. The monoisotopic (exact) mass is 314 g/mol. The van der Waals surface area contributed by atoms with Gasteiger partial charge in [-0.1, -0.05) is 24.8 Å². The van der Waals surface area contributed by atoms with Gasteiger partial charge in [-0.2, -0.15) is 0 Å². The van der Waals surface area contributed by atoms with Gasteiger partial charge in [-0.05, 0) is 60.9 Å². The van der Waals surface area contributed by atoms with Gasteiger partial charge in [-0.15, -0.1) is 0 Å². The Bertz CT molecular complexity index is 611. The molecule has 23 heavy (non-hydrogen) atoms. The number of carbonyl (C=O) groups excluding carboxylic acids is 1. The van der Waals surface area contributed by atoms with Crippen molar-refractivity contribution in [1.82, 2.24) is 4.90 Å². The Morgan fingerprint density at radius 3 is 3.00 bits per heavy atom. The Kier molecular flexibility index (Phi) is 4.83. The molecule has 0 saturated carbocycles. The first-order chi connectivity index (χ1) is 11.1. The molecule has 1 saturated heterocycles. The summed E-state index contributed by atoms with van der Waals surface area (Å²) in [7, 11) is 1.46. The molecule has 2 atom stereocenters. The minimum absolute atomic E-state index is 0.122. The molecule has 0 amide bonds. The van der Waals surface area contributed by atoms with E-state index in [0.29, 0.717) is 6.54 Å². The molecular formula is C19H26N2O2. The topological polar surface area (TPSA) is 55.6 Å². The Morgan fingerprint density at radius 2 is 2.22 bits per heavy atom. The highest BCUT2D eigenvalue weighted by molar-refractivity contribution is 5.76. The van der Waals surface area contributed by atoms with Crippen molar-refractivity contribution in [2.24, 2.45) is 5.73 Å². The zero-order chi connectivity index (χ0) is 16.4. The molecule has 4 heteroatoms. The van der Waals surface area contributed by atoms with Gasteiger partial charge in [0.05, 0.1) is 7.11 Å². The summed E-state index contributed by atoms with van der Waals surface area (Å²) in [6, 6.07) is 6.56. The smallest absolute Gasteiger partial charge is 0.323 e. The molecule has 3 rings (SSSR count). The van der Waals surface area contributed by atoms with Crippen LogP contribution in [0, 0.1) is 0 Å². The van der Waals surface area contributed by atoms with Gasteiger partial charge in [-0.25, -0.2) is 0 Å². The summed E-state index contributed by atoms with van der Waals surface area (Å²) in [5.41, 5.74) is 11.0. The average Bonchev–Trinajstić information content (AvgIpc) is 3.02. The lowest BCUT2D eigenvalue weighted by molar-refractivity contribution is -0.145. The van der Waals surface area contributed by atoms with Crippen LogP contribution in [0.4, 0.5) is 0 Å². The summed E-state index contributed by atoms with van der Waals surface area (Å²) in [6.07, 6.45) is 5.23. The van der Waals surface area contributed by atoms with Crippen molar-refractivity contribution in [3.05, 3.63) is 41.5 Å². The number of nitrogens with zero attached hydrogens (tertiary/aromatic N) is 1. The molecule has 2 N–H and O–H groups in total. The average molecular weight is 314 g/mol. The molecule has 124 valence electrons. The van der Waals surface area contributed by atoms with Crippen LogP contribution in [-0.2, 0) is 16.0 Å². The van der Waals surface area contributed by atoms with Crippen LogP contribution in [-0.4, -0.2) is 37.1 Å². The quantitative estimate of drug-likeness (QED) is 0.868. The highest BCUT2D eigenvalue weighted by Crippen LogP contribution is 2.31. The second-order valence-electron chi connectivity index (χ2n) is 6.67. The van der Waals surface area contributed by atoms with Crippen LogP contribution in [0.2, 0.25) is 0 Å². The number of hydrogen-bond acceptors (Lipinski definition) is 4. The lowest BCUT2D eigenvalue weighted by atomic mass is 9.86. The molecule has 1 aliphatic carbocycles. The van der Waals surface area contributed by atoms with Crippen molar-refractivity contribution in [2.45, 2.75) is 44.2 Å². The molecule has 0 spiro atoms. The molecule has 1 fully saturated rings. The maximum absolute atomic E-state index is 11.9. The fourth-order valence-electron chi connectivity index (χ4n) is 3.83. The number of aryl methyl sites for hydroxylation is 1. The number of methoxy groups -OCH3 is 1. The van der Waals surface area contributed by atoms with Crippen molar-refractivity contribution in [3.63, 3.8) is 0 Å². The van der Waals surface area contributed by atoms with Crippen LogP contribution in [0.25, 0.3) is 5.57 Å². The van der Waals surface area contributed by atoms with Crippen LogP contribution in [0.3, 0.4) is 0 Å². The van der Waals surface area contributed by atoms with E-state index in [2.05, 4.69) is 29.7 Å². The first-order valence-electron chi connectivity index (χ1n) is 8.48. The number of rotatable bonds is 4. The van der Waals surface area contributed by atoms with E-state index in [1.165, 1.54) is 18.2 Å². The SMILES string of the molecule is C=C(CN1CCCC1C(=O)OC)c1ccc2c(c1)CCCC2N. The van der Waals surface area contributed by atoms with Crippen LogP contribution >= 0.6 is 0 Å². The van der Waals surface area contributed by atoms with Gasteiger partial charge in [-0.3, -0.25) is 9.69 Å². The standard InChI is InChI=1S/C19H26N2O2/c1-13(12-21-10-4-7-18(21)19(22)23-2)14-8-9-16-15(11-14)5-3-6-17(16)20/h8-9,11,17-18H,1,3-7,10,12,20H2,2H3. The molecule has 2 unspecified atom stereocenters. The summed E-state index contributed by atoms with van der Waals surface area (Å²) in [5, 5.41) is 0. The number of nitrogens with two attached hydrogens (primary N) is 1. The molecule has 0 radical (unpaired) electrons. The molecule has 1 aliphatic heterocycles. The highest BCUT2D eigenvalue weighted by Gasteiger charge is 2.31. The molecule has 1 aromatic carbocycles. The molecule has 0 bridgehead atoms. The van der Waals surface area contributed by atoms with E-state index in [9.17, 15) is 4.79 Å². The van der Waals surface area contributed by atoms with Crippen LogP contribution in [0.5, 0.6) is 0 Å². The zero-order valence-corrected chi connectivity index (χ0v) is 13.9. The summed E-state index contributed by atoms with van der Waals surface area (Å²) in [6.45, 7) is 5.89. The number of carbonyl (C=O) groups is 1. The molecule has 2 aliphatic rings. The van der Waals surface area contributed by atoms with Crippen molar-refractivity contribution >= 4 is 11.5 Å². The second kappa shape index (κ2) is 6.85. The third-order valence-corrected chi connectivity index (χ3v) is 5.14. The van der Waals surface area contributed by atoms with Crippen LogP contribution < -0.4 is 5.73 Å². The molecular weight excluding hydrogens is 288 g/mol. The van der Waals surface area contributed by atoms with Gasteiger partial charge in [0, 0.05) is 12.6 Å². The molecule has 0 aromatic heterocycles. The first-order valence-corrected chi connectivity index (χ1v) is 8.48. The summed E-state index contributed by atoms with van der Waals surface area (Å²) >= 11 is 0. The van der Waals surface area contributed by atoms with E-state index in [1.54, 1.807) is 0 Å². The van der Waals surface area contributed by atoms with Gasteiger partial charge >= 0.3 is 5.97 Å². The van der Waals surface area contributed by atoms with Crippen molar-refractivity contribution < 1.29 is 9.53 Å². The Hall–Kier alpha value is -1.65. The fraction of sp³-hybridized carbons (Fsp3) is 0.526. The third-order valence-electron chi connectivity index (χ3n) is 5.14. The minimum atomic E-state index is -0.133. The second-order valence-corrected chi connectivity index (χ2v) is 6.67. The van der Waals surface area contributed by atoms with E-state index in [4.69, 9.17) is 10.5 Å². The van der Waals surface area contributed by atoms with Crippen LogP contribution in [0.1, 0.15) is 48.4 Å². The highest BCUT2D eigenvalue weighted by atomic mass is 16.5. The first kappa shape index (κ1) is 16.2. The van der Waals surface area contributed by atoms with Gasteiger partial charge in [0.15, 0.2) is 0 Å². The number of ether oxygens (including phenoxy) is 1. The van der Waals surface area contributed by atoms with Crippen molar-refractivity contribution in [3.8, 4) is 0 Å². The molecule has 1 heterocycles. The summed E-state index contributed by atoms with van der Waals surface area (Å²) in [4.78, 5) is 14.0. The van der Waals surface area contributed by atoms with E-state index in [1.807, 2.05) is 0 Å². The number of hydrogen-bond donors (Lipinski definition) is 1. The molecule has 4 nitrogen and oxygen atoms in total. The number of esters is 1. The van der Waals surface area contributed by atoms with E-state index in [-0.39, 0.29) is 18.1 Å². The maximum Gasteiger partial charge on any atom is 0.323 e. The normalized spacial score (nSPS) is 24.3. The largest absolute Gasteiger partial charge is 0.468 e. The minimum Gasteiger partial charge on any atom is -0.468 e. The van der Waals surface area contributed by atoms with Gasteiger partial charge in [0.1, 0.15) is 6.04 Å². The third kappa shape index (κ3) is 3.33. The van der Waals surface area contributed by atoms with E-state index in [0.717, 1.165) is 49.8 Å². The van der Waals surface area contributed by atoms with Crippen molar-refractivity contribution in [2.75, 3.05) is 20.2 Å². The Labute approximate surface area is 138 Å². The number of fused-ring (bicyclic) bond motifs is 1. The van der Waals surface area contributed by atoms with E-state index >= 15 is 0 Å². The van der Waals surface area contributed by atoms with Crippen LogP contribution in [0.15, 0.2) is 24.8 Å². The lowest BCUT2D eigenvalue weighted by Crippen LogP contribution is -2.37. The van der Waals surface area contributed by atoms with E-state index < -0.39 is 0 Å². The molecule has 1 aromatic rings. The summed E-state index contributed by atoms with van der Waals surface area (Å²) < 4.78 is 4.91. The van der Waals surface area contributed by atoms with Gasteiger partial charge in [0.2, 0.25) is 0 Å². The zero-order valence-electron chi connectivity index (χ0n) is 13.9. The number of likely N-dealkylation sites (tertiary alicyclic amines) is 1. The lowest BCUT2D eigenvalue weighted by Gasteiger charge is -2.25. The van der Waals surface area contributed by atoms with Gasteiger partial charge in [0.25, 0.3) is 0 Å². The predicted octanol–water partition coefficient (Wildman–Crippen LogP) is 2.67. The van der Waals surface area contributed by atoms with Gasteiger partial charge < -0.3 is 10.5 Å². The Morgan fingerprint density at radius 1 is 1.39 bits per heavy atom.